The summed E-state index contributed by atoms with van der Waals surface area (Å²) in [6.45, 7) is 4.96. The van der Waals surface area contributed by atoms with Gasteiger partial charge in [0.2, 0.25) is 0 Å². The molecule has 172 valence electrons. The van der Waals surface area contributed by atoms with Crippen LogP contribution in [0.25, 0.3) is 0 Å². The molecule has 0 radical (unpaired) electrons. The van der Waals surface area contributed by atoms with E-state index < -0.39 is 0 Å². The molecular weight excluding hydrogens is 505 g/mol. The van der Waals surface area contributed by atoms with Crippen LogP contribution >= 0.6 is 24.0 Å². The van der Waals surface area contributed by atoms with Gasteiger partial charge in [0.05, 0.1) is 12.3 Å². The molecule has 2 aliphatic rings. The average molecular weight is 541 g/mol. The molecule has 2 N–H and O–H groups in total. The number of aryl methyl sites for hydroxylation is 2. The lowest BCUT2D eigenvalue weighted by molar-refractivity contribution is 0.215. The van der Waals surface area contributed by atoms with Crippen LogP contribution < -0.4 is 10.6 Å². The molecule has 4 rings (SSSR count). The molecule has 2 aromatic heterocycles. The van der Waals surface area contributed by atoms with Crippen LogP contribution in [0.15, 0.2) is 27.8 Å². The van der Waals surface area contributed by atoms with Gasteiger partial charge >= 0.3 is 0 Å². The first-order chi connectivity index (χ1) is 14.8. The van der Waals surface area contributed by atoms with Gasteiger partial charge in [0, 0.05) is 39.5 Å². The molecular formula is C22H36IN7O. The summed E-state index contributed by atoms with van der Waals surface area (Å²) in [4.78, 5) is 6.89. The smallest absolute Gasteiger partial charge is 0.191 e. The highest BCUT2D eigenvalue weighted by Gasteiger charge is 2.25. The monoisotopic (exact) mass is 541 g/mol. The summed E-state index contributed by atoms with van der Waals surface area (Å²) >= 11 is 0. The Morgan fingerprint density at radius 1 is 1.13 bits per heavy atom. The molecule has 0 saturated carbocycles. The van der Waals surface area contributed by atoms with Crippen molar-refractivity contribution >= 4 is 29.9 Å². The third-order valence-corrected chi connectivity index (χ3v) is 6.20. The van der Waals surface area contributed by atoms with Gasteiger partial charge in [-0.15, -0.1) is 34.2 Å². The van der Waals surface area contributed by atoms with Crippen LogP contribution in [0.3, 0.4) is 0 Å². The highest BCUT2D eigenvalue weighted by molar-refractivity contribution is 14.0. The van der Waals surface area contributed by atoms with Gasteiger partial charge in [0.1, 0.15) is 17.4 Å². The van der Waals surface area contributed by atoms with Crippen LogP contribution in [0.5, 0.6) is 0 Å². The number of furan rings is 1. The Labute approximate surface area is 202 Å². The number of aliphatic imine (C=N–C) groups is 1. The first kappa shape index (κ1) is 24.0. The number of nitrogens with one attached hydrogen (secondary N) is 2. The standard InChI is InChI=1S/C22H35N7O.HI/c1-23-22(25-17-18(19-9-8-16-30-19)28-13-5-6-14-28)24-12-7-11-21-27-26-20-10-3-2-4-15-29(20)21;/h8-9,16,18H,2-7,10-15,17H2,1H3,(H2,23,24,25);1H. The third-order valence-electron chi connectivity index (χ3n) is 6.20. The second-order valence-electron chi connectivity index (χ2n) is 8.25. The number of halogens is 1. The van der Waals surface area contributed by atoms with Crippen molar-refractivity contribution in [3.05, 3.63) is 35.8 Å². The molecule has 0 amide bonds. The van der Waals surface area contributed by atoms with Crippen LogP contribution in [-0.4, -0.2) is 58.9 Å². The van der Waals surface area contributed by atoms with Gasteiger partial charge < -0.3 is 19.6 Å². The van der Waals surface area contributed by atoms with Crippen molar-refractivity contribution < 1.29 is 4.42 Å². The lowest BCUT2D eigenvalue weighted by atomic mass is 10.2. The van der Waals surface area contributed by atoms with E-state index in [2.05, 4.69) is 41.4 Å². The van der Waals surface area contributed by atoms with Gasteiger partial charge in [-0.2, -0.15) is 0 Å². The Morgan fingerprint density at radius 3 is 2.74 bits per heavy atom. The van der Waals surface area contributed by atoms with E-state index in [0.717, 1.165) is 69.5 Å². The van der Waals surface area contributed by atoms with Crippen LogP contribution in [0.4, 0.5) is 0 Å². The zero-order valence-electron chi connectivity index (χ0n) is 18.6. The summed E-state index contributed by atoms with van der Waals surface area (Å²) < 4.78 is 8.05. The van der Waals surface area contributed by atoms with Crippen molar-refractivity contribution in [1.29, 1.82) is 0 Å². The highest BCUT2D eigenvalue weighted by atomic mass is 127. The maximum absolute atomic E-state index is 5.71. The summed E-state index contributed by atoms with van der Waals surface area (Å²) in [5, 5.41) is 15.8. The fourth-order valence-corrected chi connectivity index (χ4v) is 4.54. The number of likely N-dealkylation sites (tertiary alicyclic amines) is 1. The summed E-state index contributed by atoms with van der Waals surface area (Å²) in [5.74, 6) is 4.15. The molecule has 31 heavy (non-hydrogen) atoms. The number of hydrogen-bond acceptors (Lipinski definition) is 5. The number of guanidine groups is 1. The molecule has 0 spiro atoms. The van der Waals surface area contributed by atoms with Gasteiger partial charge in [-0.1, -0.05) is 6.42 Å². The quantitative estimate of drug-likeness (QED) is 0.231. The van der Waals surface area contributed by atoms with Gasteiger partial charge in [0.15, 0.2) is 5.96 Å². The predicted molar refractivity (Wildman–Crippen MR) is 133 cm³/mol. The van der Waals surface area contributed by atoms with Crippen LogP contribution in [0.2, 0.25) is 0 Å². The Balaban J connectivity index is 0.00000272. The summed E-state index contributed by atoms with van der Waals surface area (Å²) in [5.41, 5.74) is 0. The van der Waals surface area contributed by atoms with E-state index in [1.54, 1.807) is 6.26 Å². The zero-order valence-corrected chi connectivity index (χ0v) is 20.9. The molecule has 0 aromatic carbocycles. The predicted octanol–water partition coefficient (Wildman–Crippen LogP) is 3.15. The lowest BCUT2D eigenvalue weighted by Gasteiger charge is -2.26. The third kappa shape index (κ3) is 6.44. The molecule has 0 bridgehead atoms. The minimum atomic E-state index is 0. The molecule has 1 unspecified atom stereocenters. The van der Waals surface area contributed by atoms with Gasteiger partial charge in [-0.25, -0.2) is 0 Å². The van der Waals surface area contributed by atoms with Gasteiger partial charge in [0.25, 0.3) is 0 Å². The van der Waals surface area contributed by atoms with Crippen LogP contribution in [0.1, 0.15) is 62.0 Å². The minimum absolute atomic E-state index is 0. The molecule has 1 fully saturated rings. The largest absolute Gasteiger partial charge is 0.468 e. The number of nitrogens with zero attached hydrogens (tertiary/aromatic N) is 5. The summed E-state index contributed by atoms with van der Waals surface area (Å²) in [7, 11) is 1.82. The van der Waals surface area contributed by atoms with Crippen molar-refractivity contribution in [2.75, 3.05) is 33.2 Å². The number of fused-ring (bicyclic) bond motifs is 1. The normalized spacial score (nSPS) is 18.2. The van der Waals surface area contributed by atoms with Crippen molar-refractivity contribution in [3.63, 3.8) is 0 Å². The number of rotatable bonds is 8. The van der Waals surface area contributed by atoms with Crippen molar-refractivity contribution in [1.82, 2.24) is 30.3 Å². The zero-order chi connectivity index (χ0) is 20.6. The Hall–Kier alpha value is -1.62. The Kier molecular flexibility index (Phi) is 9.63. The fraction of sp³-hybridized carbons (Fsp3) is 0.682. The van der Waals surface area contributed by atoms with Gasteiger partial charge in [-0.3, -0.25) is 9.89 Å². The molecule has 2 aromatic rings. The minimum Gasteiger partial charge on any atom is -0.468 e. The van der Waals surface area contributed by atoms with E-state index in [-0.39, 0.29) is 30.0 Å². The molecule has 1 saturated heterocycles. The average Bonchev–Trinajstić information content (AvgIpc) is 3.52. The number of aromatic nitrogens is 3. The van der Waals surface area contributed by atoms with Gasteiger partial charge in [-0.05, 0) is 57.3 Å². The Morgan fingerprint density at radius 2 is 1.97 bits per heavy atom. The first-order valence-electron chi connectivity index (χ1n) is 11.5. The van der Waals surface area contributed by atoms with E-state index in [0.29, 0.717) is 0 Å². The maximum Gasteiger partial charge on any atom is 0.191 e. The van der Waals surface area contributed by atoms with E-state index >= 15 is 0 Å². The SMILES string of the molecule is CN=C(NCCCc1nnc2n1CCCCC2)NCC(c1ccco1)N1CCCC1.I. The molecule has 0 aliphatic carbocycles. The van der Waals surface area contributed by atoms with E-state index in [1.165, 1.54) is 37.9 Å². The van der Waals surface area contributed by atoms with Crippen molar-refractivity contribution in [2.45, 2.75) is 64.0 Å². The molecule has 8 nitrogen and oxygen atoms in total. The second kappa shape index (κ2) is 12.4. The fourth-order valence-electron chi connectivity index (χ4n) is 4.54. The summed E-state index contributed by atoms with van der Waals surface area (Å²) in [6, 6.07) is 4.28. The second-order valence-corrected chi connectivity index (χ2v) is 8.25. The van der Waals surface area contributed by atoms with Crippen LogP contribution in [-0.2, 0) is 19.4 Å². The maximum atomic E-state index is 5.71. The van der Waals surface area contributed by atoms with E-state index in [1.807, 2.05) is 13.1 Å². The summed E-state index contributed by atoms with van der Waals surface area (Å²) in [6.07, 6.45) is 11.1. The van der Waals surface area contributed by atoms with Crippen LogP contribution in [0, 0.1) is 0 Å². The molecule has 1 atom stereocenters. The Bertz CT molecular complexity index is 799. The van der Waals surface area contributed by atoms with E-state index in [4.69, 9.17) is 4.42 Å². The first-order valence-corrected chi connectivity index (χ1v) is 11.5. The number of hydrogen-bond donors (Lipinski definition) is 2. The van der Waals surface area contributed by atoms with Crippen molar-refractivity contribution in [3.8, 4) is 0 Å². The van der Waals surface area contributed by atoms with Crippen molar-refractivity contribution in [2.24, 2.45) is 4.99 Å². The lowest BCUT2D eigenvalue weighted by Crippen LogP contribution is -2.43. The highest BCUT2D eigenvalue weighted by Crippen LogP contribution is 2.24. The molecule has 9 heteroatoms. The molecule has 4 heterocycles. The molecule has 2 aliphatic heterocycles. The van der Waals surface area contributed by atoms with E-state index in [9.17, 15) is 0 Å². The topological polar surface area (TPSA) is 83.5 Å².